The molecule has 0 atom stereocenters. The van der Waals surface area contributed by atoms with Gasteiger partial charge < -0.3 is 4.42 Å². The summed E-state index contributed by atoms with van der Waals surface area (Å²) in [6, 6.07) is 34.7. The topological polar surface area (TPSA) is 66.0 Å². The molecule has 0 saturated heterocycles. The third-order valence-electron chi connectivity index (χ3n) is 5.38. The highest BCUT2D eigenvalue weighted by atomic mass is 16.4. The van der Waals surface area contributed by atoms with Crippen LogP contribution in [-0.4, -0.2) is 5.91 Å². The highest BCUT2D eigenvalue weighted by molar-refractivity contribution is 6.13. The molecule has 0 unspecified atom stereocenters. The number of benzene rings is 4. The summed E-state index contributed by atoms with van der Waals surface area (Å²) >= 11 is 0. The number of amides is 1. The highest BCUT2D eigenvalue weighted by Crippen LogP contribution is 2.41. The van der Waals surface area contributed by atoms with Crippen molar-refractivity contribution in [2.75, 3.05) is 5.32 Å². The maximum atomic E-state index is 13.2. The molecule has 0 aliphatic heterocycles. The molecule has 0 bridgehead atoms. The molecule has 4 aromatic carbocycles. The van der Waals surface area contributed by atoms with Crippen LogP contribution in [0.25, 0.3) is 33.2 Å². The summed E-state index contributed by atoms with van der Waals surface area (Å²) in [4.78, 5) is 13.2. The quantitative estimate of drug-likeness (QED) is 0.348. The van der Waals surface area contributed by atoms with Crippen LogP contribution in [0.3, 0.4) is 0 Å². The van der Waals surface area contributed by atoms with Crippen LogP contribution in [0.5, 0.6) is 0 Å². The Morgan fingerprint density at radius 1 is 0.750 bits per heavy atom. The lowest BCUT2D eigenvalue weighted by atomic mass is 9.98. The van der Waals surface area contributed by atoms with Crippen molar-refractivity contribution >= 4 is 22.6 Å². The van der Waals surface area contributed by atoms with Crippen LogP contribution in [0.2, 0.25) is 0 Å². The molecule has 32 heavy (non-hydrogen) atoms. The monoisotopic (exact) mass is 414 g/mol. The first-order chi connectivity index (χ1) is 15.8. The fourth-order valence-electron chi connectivity index (χ4n) is 3.89. The Balaban J connectivity index is 1.64. The van der Waals surface area contributed by atoms with E-state index in [1.54, 1.807) is 6.07 Å². The predicted octanol–water partition coefficient (Wildman–Crippen LogP) is 6.89. The smallest absolute Gasteiger partial charge is 0.258 e. The first-order valence-electron chi connectivity index (χ1n) is 10.2. The lowest BCUT2D eigenvalue weighted by molar-refractivity contribution is 0.102. The lowest BCUT2D eigenvalue weighted by Gasteiger charge is -2.06. The zero-order valence-electron chi connectivity index (χ0n) is 17.1. The van der Waals surface area contributed by atoms with Gasteiger partial charge in [-0.05, 0) is 22.4 Å². The Morgan fingerprint density at radius 3 is 2.09 bits per heavy atom. The molecule has 0 aliphatic rings. The number of nitrogens with zero attached hydrogens (tertiary/aromatic N) is 1. The molecule has 152 valence electrons. The van der Waals surface area contributed by atoms with Crippen LogP contribution < -0.4 is 5.32 Å². The highest BCUT2D eigenvalue weighted by Gasteiger charge is 2.24. The fraction of sp³-hybridized carbons (Fsp3) is 0. The van der Waals surface area contributed by atoms with Gasteiger partial charge in [-0.1, -0.05) is 97.1 Å². The van der Waals surface area contributed by atoms with Gasteiger partial charge in [0.1, 0.15) is 17.4 Å². The van der Waals surface area contributed by atoms with Gasteiger partial charge in [0.15, 0.2) is 0 Å². The van der Waals surface area contributed by atoms with E-state index < -0.39 is 0 Å². The van der Waals surface area contributed by atoms with E-state index in [4.69, 9.17) is 4.42 Å². The van der Waals surface area contributed by atoms with E-state index >= 15 is 0 Å². The van der Waals surface area contributed by atoms with Crippen molar-refractivity contribution in [1.82, 2.24) is 0 Å². The van der Waals surface area contributed by atoms with Crippen LogP contribution >= 0.6 is 0 Å². The standard InChI is InChI=1S/C28H18N2O2/c29-18-24-25(20-11-3-1-4-12-20)26(21-13-5-2-6-14-21)32-28(24)30-27(31)23-17-9-15-19-10-7-8-16-22(19)23/h1-17H,(H,30,31). The molecule has 4 heteroatoms. The molecule has 1 N–H and O–H groups in total. The zero-order valence-corrected chi connectivity index (χ0v) is 17.1. The molecular formula is C28H18N2O2. The van der Waals surface area contributed by atoms with Crippen molar-refractivity contribution in [3.63, 3.8) is 0 Å². The van der Waals surface area contributed by atoms with E-state index in [0.717, 1.165) is 21.9 Å². The SMILES string of the molecule is N#Cc1c(NC(=O)c2cccc3ccccc23)oc(-c2ccccc2)c1-c1ccccc1. The van der Waals surface area contributed by atoms with Crippen LogP contribution in [0.15, 0.2) is 108 Å². The van der Waals surface area contributed by atoms with Crippen LogP contribution in [0.4, 0.5) is 5.88 Å². The maximum Gasteiger partial charge on any atom is 0.258 e. The fourth-order valence-corrected chi connectivity index (χ4v) is 3.89. The summed E-state index contributed by atoms with van der Waals surface area (Å²) < 4.78 is 6.13. The minimum Gasteiger partial charge on any atom is -0.438 e. The third kappa shape index (κ3) is 3.42. The second-order valence-corrected chi connectivity index (χ2v) is 7.33. The summed E-state index contributed by atoms with van der Waals surface area (Å²) in [5.41, 5.74) is 3.15. The van der Waals surface area contributed by atoms with Crippen molar-refractivity contribution in [1.29, 1.82) is 5.26 Å². The van der Waals surface area contributed by atoms with E-state index in [9.17, 15) is 10.1 Å². The van der Waals surface area contributed by atoms with Gasteiger partial charge >= 0.3 is 0 Å². The summed E-state index contributed by atoms with van der Waals surface area (Å²) in [7, 11) is 0. The largest absolute Gasteiger partial charge is 0.438 e. The van der Waals surface area contributed by atoms with Crippen molar-refractivity contribution in [2.45, 2.75) is 0 Å². The van der Waals surface area contributed by atoms with Crippen molar-refractivity contribution in [3.05, 3.63) is 114 Å². The van der Waals surface area contributed by atoms with Crippen molar-refractivity contribution < 1.29 is 9.21 Å². The van der Waals surface area contributed by atoms with Crippen molar-refractivity contribution in [3.8, 4) is 28.5 Å². The maximum absolute atomic E-state index is 13.2. The first-order valence-corrected chi connectivity index (χ1v) is 10.2. The summed E-state index contributed by atoms with van der Waals surface area (Å²) in [6.07, 6.45) is 0. The molecule has 1 aromatic heterocycles. The van der Waals surface area contributed by atoms with E-state index in [1.165, 1.54) is 0 Å². The Hall–Kier alpha value is -4.62. The number of furan rings is 1. The molecule has 0 fully saturated rings. The molecule has 1 amide bonds. The number of anilines is 1. The number of rotatable bonds is 4. The minimum absolute atomic E-state index is 0.142. The Morgan fingerprint density at radius 2 is 1.38 bits per heavy atom. The molecule has 5 rings (SSSR count). The third-order valence-corrected chi connectivity index (χ3v) is 5.38. The molecule has 4 nitrogen and oxygen atoms in total. The Kier molecular flexibility index (Phi) is 4.99. The number of carbonyl (C=O) groups is 1. The number of hydrogen-bond acceptors (Lipinski definition) is 3. The van der Waals surface area contributed by atoms with Crippen molar-refractivity contribution in [2.24, 2.45) is 0 Å². The summed E-state index contributed by atoms with van der Waals surface area (Å²) in [5, 5.41) is 14.7. The van der Waals surface area contributed by atoms with Gasteiger partial charge in [-0.25, -0.2) is 0 Å². The van der Waals surface area contributed by atoms with Gasteiger partial charge in [0, 0.05) is 16.7 Å². The number of nitriles is 1. The average molecular weight is 414 g/mol. The van der Waals surface area contributed by atoms with Gasteiger partial charge in [-0.15, -0.1) is 0 Å². The van der Waals surface area contributed by atoms with E-state index in [1.807, 2.05) is 97.1 Å². The molecule has 0 aliphatic carbocycles. The van der Waals surface area contributed by atoms with Gasteiger partial charge in [0.2, 0.25) is 5.88 Å². The number of fused-ring (bicyclic) bond motifs is 1. The number of nitrogens with one attached hydrogen (secondary N) is 1. The molecule has 5 aromatic rings. The molecule has 0 saturated carbocycles. The summed E-state index contributed by atoms with van der Waals surface area (Å²) in [6.45, 7) is 0. The molecular weight excluding hydrogens is 396 g/mol. The normalized spacial score (nSPS) is 10.6. The Labute approximate surface area is 185 Å². The first kappa shape index (κ1) is 19.3. The van der Waals surface area contributed by atoms with Gasteiger partial charge in [0.25, 0.3) is 5.91 Å². The summed E-state index contributed by atoms with van der Waals surface area (Å²) in [5.74, 6) is 0.357. The second-order valence-electron chi connectivity index (χ2n) is 7.33. The van der Waals surface area contributed by atoms with Gasteiger partial charge in [-0.2, -0.15) is 5.26 Å². The lowest BCUT2D eigenvalue weighted by Crippen LogP contribution is -2.12. The van der Waals surface area contributed by atoms with E-state index in [2.05, 4.69) is 11.4 Å². The van der Waals surface area contributed by atoms with E-state index in [-0.39, 0.29) is 11.8 Å². The second kappa shape index (κ2) is 8.25. The van der Waals surface area contributed by atoms with Crippen LogP contribution in [-0.2, 0) is 0 Å². The van der Waals surface area contributed by atoms with E-state index in [0.29, 0.717) is 22.5 Å². The van der Waals surface area contributed by atoms with Gasteiger partial charge in [0.05, 0.1) is 0 Å². The zero-order chi connectivity index (χ0) is 21.9. The van der Waals surface area contributed by atoms with Crippen LogP contribution in [0, 0.1) is 11.3 Å². The van der Waals surface area contributed by atoms with Crippen LogP contribution in [0.1, 0.15) is 15.9 Å². The Bertz CT molecular complexity index is 1460. The number of carbonyl (C=O) groups excluding carboxylic acids is 1. The molecule has 0 spiro atoms. The number of hydrogen-bond donors (Lipinski definition) is 1. The van der Waals surface area contributed by atoms with Gasteiger partial charge in [-0.3, -0.25) is 10.1 Å². The minimum atomic E-state index is -0.328. The molecule has 1 heterocycles. The average Bonchev–Trinajstić information content (AvgIpc) is 3.22. The predicted molar refractivity (Wildman–Crippen MR) is 126 cm³/mol. The molecule has 0 radical (unpaired) electrons.